The van der Waals surface area contributed by atoms with E-state index >= 15 is 0 Å². The minimum atomic E-state index is -0.439. The molecular formula is C22H26FNO4. The number of carbonyl (C=O) groups excluding carboxylic acids is 1. The number of benzene rings is 2. The van der Waals surface area contributed by atoms with Gasteiger partial charge in [0, 0.05) is 0 Å². The predicted molar refractivity (Wildman–Crippen MR) is 104 cm³/mol. The van der Waals surface area contributed by atoms with E-state index in [9.17, 15) is 9.18 Å². The van der Waals surface area contributed by atoms with Gasteiger partial charge in [-0.2, -0.15) is 0 Å². The molecule has 0 aromatic heterocycles. The van der Waals surface area contributed by atoms with Crippen molar-refractivity contribution in [3.63, 3.8) is 0 Å². The van der Waals surface area contributed by atoms with Gasteiger partial charge in [0.15, 0.2) is 11.5 Å². The average Bonchev–Trinajstić information content (AvgIpc) is 3.16. The summed E-state index contributed by atoms with van der Waals surface area (Å²) in [6.45, 7) is 0. The Labute approximate surface area is 164 Å². The van der Waals surface area contributed by atoms with Gasteiger partial charge in [0.2, 0.25) is 11.7 Å². The molecule has 0 spiro atoms. The highest BCUT2D eigenvalue weighted by Gasteiger charge is 2.37. The quantitative estimate of drug-likeness (QED) is 0.781. The lowest BCUT2D eigenvalue weighted by molar-refractivity contribution is -0.122. The normalized spacial score (nSPS) is 15.1. The summed E-state index contributed by atoms with van der Waals surface area (Å²) in [6.07, 6.45) is 3.93. The lowest BCUT2D eigenvalue weighted by Gasteiger charge is -2.31. The van der Waals surface area contributed by atoms with E-state index in [-0.39, 0.29) is 18.1 Å². The molecule has 3 rings (SSSR count). The Hall–Kier alpha value is -2.76. The van der Waals surface area contributed by atoms with Crippen LogP contribution >= 0.6 is 0 Å². The molecule has 0 aliphatic heterocycles. The summed E-state index contributed by atoms with van der Waals surface area (Å²) in [4.78, 5) is 12.9. The maximum atomic E-state index is 13.3. The number of halogens is 1. The molecular weight excluding hydrogens is 361 g/mol. The molecule has 1 fully saturated rings. The van der Waals surface area contributed by atoms with Crippen molar-refractivity contribution >= 4 is 5.91 Å². The number of rotatable bonds is 7. The van der Waals surface area contributed by atoms with E-state index in [1.165, 1.54) is 12.1 Å². The summed E-state index contributed by atoms with van der Waals surface area (Å²) in [5, 5.41) is 3.21. The molecule has 2 aromatic carbocycles. The van der Waals surface area contributed by atoms with Crippen molar-refractivity contribution in [1.82, 2.24) is 5.32 Å². The van der Waals surface area contributed by atoms with Crippen molar-refractivity contribution in [2.45, 2.75) is 37.6 Å². The first-order chi connectivity index (χ1) is 13.5. The molecule has 0 saturated heterocycles. The highest BCUT2D eigenvalue weighted by Crippen LogP contribution is 2.40. The highest BCUT2D eigenvalue weighted by atomic mass is 19.1. The van der Waals surface area contributed by atoms with Gasteiger partial charge in [-0.25, -0.2) is 4.39 Å². The summed E-state index contributed by atoms with van der Waals surface area (Å²) in [7, 11) is 4.63. The number of nitrogens with one attached hydrogen (secondary N) is 1. The Kier molecular flexibility index (Phi) is 6.07. The standard InChI is InChI=1S/C22H26FNO4/c1-26-18-12-15(13-19(27-2)21(18)28-3)14-20(25)24-22(10-4-5-11-22)16-6-8-17(23)9-7-16/h6-9,12-13H,4-5,10-11,14H2,1-3H3,(H,24,25). The molecule has 5 nitrogen and oxygen atoms in total. The van der Waals surface area contributed by atoms with Crippen molar-refractivity contribution in [3.8, 4) is 17.2 Å². The van der Waals surface area contributed by atoms with Crippen molar-refractivity contribution < 1.29 is 23.4 Å². The fourth-order valence-electron chi connectivity index (χ4n) is 3.97. The SMILES string of the molecule is COc1cc(CC(=O)NC2(c3ccc(F)cc3)CCCC2)cc(OC)c1OC. The zero-order valence-electron chi connectivity index (χ0n) is 16.5. The van der Waals surface area contributed by atoms with Gasteiger partial charge in [-0.15, -0.1) is 0 Å². The van der Waals surface area contributed by atoms with E-state index in [0.717, 1.165) is 36.8 Å². The Morgan fingerprint density at radius 3 is 2.07 bits per heavy atom. The minimum Gasteiger partial charge on any atom is -0.493 e. The smallest absolute Gasteiger partial charge is 0.225 e. The van der Waals surface area contributed by atoms with E-state index in [2.05, 4.69) is 5.32 Å². The molecule has 1 saturated carbocycles. The van der Waals surface area contributed by atoms with E-state index in [1.54, 1.807) is 45.6 Å². The zero-order valence-corrected chi connectivity index (χ0v) is 16.5. The Balaban J connectivity index is 1.81. The van der Waals surface area contributed by atoms with Gasteiger partial charge in [-0.1, -0.05) is 25.0 Å². The van der Waals surface area contributed by atoms with Crippen molar-refractivity contribution in [2.75, 3.05) is 21.3 Å². The maximum absolute atomic E-state index is 13.3. The van der Waals surface area contributed by atoms with Crippen LogP contribution in [0.5, 0.6) is 17.2 Å². The molecule has 2 aromatic rings. The zero-order chi connectivity index (χ0) is 20.1. The first kappa shape index (κ1) is 20.0. The first-order valence-electron chi connectivity index (χ1n) is 9.37. The van der Waals surface area contributed by atoms with Crippen LogP contribution in [0, 0.1) is 5.82 Å². The van der Waals surface area contributed by atoms with Crippen LogP contribution in [0.3, 0.4) is 0 Å². The van der Waals surface area contributed by atoms with Gasteiger partial charge in [0.05, 0.1) is 33.3 Å². The molecule has 0 bridgehead atoms. The molecule has 0 unspecified atom stereocenters. The molecule has 6 heteroatoms. The molecule has 0 atom stereocenters. The molecule has 28 heavy (non-hydrogen) atoms. The van der Waals surface area contributed by atoms with Crippen molar-refractivity contribution in [2.24, 2.45) is 0 Å². The Morgan fingerprint density at radius 2 is 1.57 bits per heavy atom. The summed E-state index contributed by atoms with van der Waals surface area (Å²) >= 11 is 0. The van der Waals surface area contributed by atoms with Gasteiger partial charge in [0.25, 0.3) is 0 Å². The summed E-state index contributed by atoms with van der Waals surface area (Å²) in [6, 6.07) is 9.97. The fraction of sp³-hybridized carbons (Fsp3) is 0.409. The average molecular weight is 387 g/mol. The van der Waals surface area contributed by atoms with Crippen LogP contribution in [0.25, 0.3) is 0 Å². The molecule has 0 heterocycles. The third-order valence-electron chi connectivity index (χ3n) is 5.32. The van der Waals surface area contributed by atoms with Crippen LogP contribution < -0.4 is 19.5 Å². The summed E-state index contributed by atoms with van der Waals surface area (Å²) in [5.41, 5.74) is 1.27. The third-order valence-corrected chi connectivity index (χ3v) is 5.32. The molecule has 0 radical (unpaired) electrons. The number of hydrogen-bond donors (Lipinski definition) is 1. The molecule has 1 N–H and O–H groups in total. The van der Waals surface area contributed by atoms with Crippen LogP contribution in [0.15, 0.2) is 36.4 Å². The number of hydrogen-bond acceptors (Lipinski definition) is 4. The topological polar surface area (TPSA) is 56.8 Å². The predicted octanol–water partition coefficient (Wildman–Crippen LogP) is 3.98. The van der Waals surface area contributed by atoms with E-state index in [0.29, 0.717) is 17.2 Å². The van der Waals surface area contributed by atoms with E-state index in [4.69, 9.17) is 14.2 Å². The number of carbonyl (C=O) groups is 1. The second-order valence-electron chi connectivity index (χ2n) is 7.05. The third kappa shape index (κ3) is 4.06. The molecule has 150 valence electrons. The Morgan fingerprint density at radius 1 is 1.00 bits per heavy atom. The van der Waals surface area contributed by atoms with Gasteiger partial charge in [0.1, 0.15) is 5.82 Å². The monoisotopic (exact) mass is 387 g/mol. The second-order valence-corrected chi connectivity index (χ2v) is 7.05. The number of ether oxygens (including phenoxy) is 3. The van der Waals surface area contributed by atoms with Gasteiger partial charge in [-0.3, -0.25) is 4.79 Å². The molecule has 1 aliphatic rings. The van der Waals surface area contributed by atoms with Crippen molar-refractivity contribution in [3.05, 3.63) is 53.3 Å². The van der Waals surface area contributed by atoms with Crippen LogP contribution in [0.1, 0.15) is 36.8 Å². The van der Waals surface area contributed by atoms with Crippen LogP contribution in [0.2, 0.25) is 0 Å². The highest BCUT2D eigenvalue weighted by molar-refractivity contribution is 5.80. The number of methoxy groups -OCH3 is 3. The van der Waals surface area contributed by atoms with Crippen LogP contribution in [0.4, 0.5) is 4.39 Å². The van der Waals surface area contributed by atoms with E-state index in [1.807, 2.05) is 0 Å². The minimum absolute atomic E-state index is 0.0968. The summed E-state index contributed by atoms with van der Waals surface area (Å²) in [5.74, 6) is 1.14. The van der Waals surface area contributed by atoms with Gasteiger partial charge in [-0.05, 0) is 48.2 Å². The van der Waals surface area contributed by atoms with Gasteiger partial charge < -0.3 is 19.5 Å². The lowest BCUT2D eigenvalue weighted by atomic mass is 9.87. The second kappa shape index (κ2) is 8.50. The molecule has 1 aliphatic carbocycles. The Bertz CT molecular complexity index is 804. The van der Waals surface area contributed by atoms with Gasteiger partial charge >= 0.3 is 0 Å². The number of amides is 1. The van der Waals surface area contributed by atoms with E-state index < -0.39 is 5.54 Å². The summed E-state index contributed by atoms with van der Waals surface area (Å²) < 4.78 is 29.4. The molecule has 1 amide bonds. The van der Waals surface area contributed by atoms with Crippen LogP contribution in [-0.4, -0.2) is 27.2 Å². The first-order valence-corrected chi connectivity index (χ1v) is 9.37. The fourth-order valence-corrected chi connectivity index (χ4v) is 3.97. The van der Waals surface area contributed by atoms with Crippen LogP contribution in [-0.2, 0) is 16.8 Å². The maximum Gasteiger partial charge on any atom is 0.225 e. The van der Waals surface area contributed by atoms with Crippen molar-refractivity contribution in [1.29, 1.82) is 0 Å². The lowest BCUT2D eigenvalue weighted by Crippen LogP contribution is -2.44. The largest absolute Gasteiger partial charge is 0.493 e.